The van der Waals surface area contributed by atoms with E-state index in [0.29, 0.717) is 18.0 Å². The van der Waals surface area contributed by atoms with Crippen molar-refractivity contribution in [2.75, 3.05) is 32.7 Å². The lowest BCUT2D eigenvalue weighted by molar-refractivity contribution is 0.0681. The molecular weight excluding hydrogens is 408 g/mol. The highest BCUT2D eigenvalue weighted by molar-refractivity contribution is 7.89. The molecule has 30 heavy (non-hydrogen) atoms. The van der Waals surface area contributed by atoms with Gasteiger partial charge in [-0.15, -0.1) is 0 Å². The van der Waals surface area contributed by atoms with Gasteiger partial charge in [0.1, 0.15) is 23.0 Å². The number of aryl methyl sites for hydroxylation is 1. The molecule has 2 aromatic rings. The molecule has 162 valence electrons. The van der Waals surface area contributed by atoms with E-state index in [1.807, 2.05) is 19.1 Å². The van der Waals surface area contributed by atoms with Crippen LogP contribution in [0, 0.1) is 6.92 Å². The van der Waals surface area contributed by atoms with Gasteiger partial charge in [-0.25, -0.2) is 13.1 Å². The lowest BCUT2D eigenvalue weighted by atomic mass is 10.1. The molecule has 1 atom stereocenters. The average molecular weight is 435 g/mol. The van der Waals surface area contributed by atoms with E-state index < -0.39 is 15.9 Å². The predicted molar refractivity (Wildman–Crippen MR) is 113 cm³/mol. The quantitative estimate of drug-likeness (QED) is 0.662. The summed E-state index contributed by atoms with van der Waals surface area (Å²) in [5, 5.41) is 2.80. The first-order chi connectivity index (χ1) is 14.3. The summed E-state index contributed by atoms with van der Waals surface area (Å²) >= 11 is 0. The number of carbonyl (C=O) groups excluding carboxylic acids is 1. The van der Waals surface area contributed by atoms with Gasteiger partial charge in [0.15, 0.2) is 0 Å². The second-order valence-corrected chi connectivity index (χ2v) is 8.83. The van der Waals surface area contributed by atoms with Gasteiger partial charge in [0.25, 0.3) is 5.91 Å². The van der Waals surface area contributed by atoms with Crippen molar-refractivity contribution >= 4 is 21.6 Å². The Bertz CT molecular complexity index is 1020. The lowest BCUT2D eigenvalue weighted by Gasteiger charge is -2.16. The van der Waals surface area contributed by atoms with Crippen LogP contribution < -0.4 is 19.5 Å². The molecule has 0 spiro atoms. The van der Waals surface area contributed by atoms with E-state index in [9.17, 15) is 13.2 Å². The number of methoxy groups -OCH3 is 1. The topological polar surface area (TPSA) is 103 Å². The number of anilines is 1. The minimum atomic E-state index is -3.80. The fourth-order valence-electron chi connectivity index (χ4n) is 3.14. The summed E-state index contributed by atoms with van der Waals surface area (Å²) in [4.78, 5) is 12.7. The first-order valence-electron chi connectivity index (χ1n) is 9.62. The molecule has 1 unspecified atom stereocenters. The summed E-state index contributed by atoms with van der Waals surface area (Å²) in [6.45, 7) is 3.07. The van der Waals surface area contributed by atoms with E-state index in [4.69, 9.17) is 14.2 Å². The largest absolute Gasteiger partial charge is 0.495 e. The first kappa shape index (κ1) is 22.1. The average Bonchev–Trinajstić information content (AvgIpc) is 3.27. The van der Waals surface area contributed by atoms with E-state index in [1.165, 1.54) is 32.4 Å². The summed E-state index contributed by atoms with van der Waals surface area (Å²) in [5.41, 5.74) is 1.66. The Hall–Kier alpha value is -2.62. The van der Waals surface area contributed by atoms with Crippen LogP contribution in [-0.2, 0) is 14.8 Å². The second kappa shape index (κ2) is 9.46. The van der Waals surface area contributed by atoms with Gasteiger partial charge in [-0.05, 0) is 62.7 Å². The zero-order chi connectivity index (χ0) is 21.7. The van der Waals surface area contributed by atoms with Gasteiger partial charge in [0, 0.05) is 12.2 Å². The van der Waals surface area contributed by atoms with Crippen LogP contribution in [0.25, 0.3) is 0 Å². The fourth-order valence-corrected chi connectivity index (χ4v) is 4.06. The van der Waals surface area contributed by atoms with Gasteiger partial charge < -0.3 is 19.5 Å². The first-order valence-corrected chi connectivity index (χ1v) is 11.1. The molecule has 0 saturated carbocycles. The zero-order valence-electron chi connectivity index (χ0n) is 17.2. The van der Waals surface area contributed by atoms with E-state index >= 15 is 0 Å². The maximum absolute atomic E-state index is 12.8. The molecule has 1 fully saturated rings. The van der Waals surface area contributed by atoms with Crippen molar-refractivity contribution in [1.29, 1.82) is 0 Å². The number of rotatable bonds is 8. The van der Waals surface area contributed by atoms with Crippen LogP contribution in [0.3, 0.4) is 0 Å². The summed E-state index contributed by atoms with van der Waals surface area (Å²) in [6, 6.07) is 9.69. The van der Waals surface area contributed by atoms with Crippen molar-refractivity contribution in [1.82, 2.24) is 4.72 Å². The van der Waals surface area contributed by atoms with E-state index in [1.54, 1.807) is 6.07 Å². The lowest BCUT2D eigenvalue weighted by Crippen LogP contribution is -2.21. The molecule has 9 heteroatoms. The van der Waals surface area contributed by atoms with Crippen molar-refractivity contribution < 1.29 is 27.4 Å². The van der Waals surface area contributed by atoms with Crippen LogP contribution in [0.5, 0.6) is 11.5 Å². The Morgan fingerprint density at radius 1 is 1.20 bits per heavy atom. The predicted octanol–water partition coefficient (Wildman–Crippen LogP) is 2.72. The zero-order valence-corrected chi connectivity index (χ0v) is 18.0. The number of amides is 1. The number of carbonyl (C=O) groups is 1. The molecule has 0 aromatic heterocycles. The molecule has 1 heterocycles. The van der Waals surface area contributed by atoms with E-state index in [2.05, 4.69) is 10.0 Å². The number of benzene rings is 2. The monoisotopic (exact) mass is 434 g/mol. The highest BCUT2D eigenvalue weighted by atomic mass is 32.2. The highest BCUT2D eigenvalue weighted by Gasteiger charge is 2.21. The molecule has 1 amide bonds. The van der Waals surface area contributed by atoms with Gasteiger partial charge in [-0.3, -0.25) is 4.79 Å². The minimum Gasteiger partial charge on any atom is -0.495 e. The number of hydrogen-bond donors (Lipinski definition) is 2. The number of sulfonamides is 1. The molecule has 3 rings (SSSR count). The molecule has 1 saturated heterocycles. The Balaban J connectivity index is 1.82. The number of ether oxygens (including phenoxy) is 3. The van der Waals surface area contributed by atoms with Crippen molar-refractivity contribution in [2.24, 2.45) is 0 Å². The third-order valence-electron chi connectivity index (χ3n) is 4.82. The molecule has 2 N–H and O–H groups in total. The van der Waals surface area contributed by atoms with Crippen LogP contribution in [0.1, 0.15) is 28.8 Å². The normalized spacial score (nSPS) is 16.3. The summed E-state index contributed by atoms with van der Waals surface area (Å²) < 4.78 is 43.4. The fraction of sp³-hybridized carbons (Fsp3) is 0.381. The number of nitrogens with one attached hydrogen (secondary N) is 2. The smallest absolute Gasteiger partial charge is 0.255 e. The van der Waals surface area contributed by atoms with Crippen molar-refractivity contribution in [3.63, 3.8) is 0 Å². The van der Waals surface area contributed by atoms with Crippen LogP contribution in [0.4, 0.5) is 5.69 Å². The van der Waals surface area contributed by atoms with Crippen molar-refractivity contribution in [2.45, 2.75) is 30.8 Å². The van der Waals surface area contributed by atoms with E-state index in [-0.39, 0.29) is 22.3 Å². The van der Waals surface area contributed by atoms with Gasteiger partial charge in [-0.2, -0.15) is 0 Å². The third-order valence-corrected chi connectivity index (χ3v) is 6.25. The van der Waals surface area contributed by atoms with Crippen molar-refractivity contribution in [3.05, 3.63) is 47.5 Å². The molecule has 8 nitrogen and oxygen atoms in total. The van der Waals surface area contributed by atoms with Crippen LogP contribution in [-0.4, -0.2) is 47.8 Å². The SMILES string of the molecule is CNS(=O)(=O)c1cc(C(=O)Nc2ccc(C)cc2OCC2CCCO2)ccc1OC. The van der Waals surface area contributed by atoms with Crippen LogP contribution >= 0.6 is 0 Å². The number of hydrogen-bond acceptors (Lipinski definition) is 6. The molecule has 0 aliphatic carbocycles. The maximum Gasteiger partial charge on any atom is 0.255 e. The summed E-state index contributed by atoms with van der Waals surface area (Å²) in [5.74, 6) is 0.225. The van der Waals surface area contributed by atoms with Gasteiger partial charge in [-0.1, -0.05) is 6.07 Å². The molecule has 1 aliphatic rings. The standard InChI is InChI=1S/C21H26N2O6S/c1-14-6-8-17(19(11-14)29-13-16-5-4-10-28-16)23-21(24)15-7-9-18(27-3)20(12-15)30(25,26)22-2/h6-9,11-12,16,22H,4-5,10,13H2,1-3H3,(H,23,24). The molecule has 2 aromatic carbocycles. The van der Waals surface area contributed by atoms with Gasteiger partial charge >= 0.3 is 0 Å². The van der Waals surface area contributed by atoms with Crippen LogP contribution in [0.2, 0.25) is 0 Å². The van der Waals surface area contributed by atoms with Gasteiger partial charge in [0.2, 0.25) is 10.0 Å². The Kier molecular flexibility index (Phi) is 6.96. The Morgan fingerprint density at radius 3 is 2.67 bits per heavy atom. The highest BCUT2D eigenvalue weighted by Crippen LogP contribution is 2.29. The molecule has 0 radical (unpaired) electrons. The van der Waals surface area contributed by atoms with Gasteiger partial charge in [0.05, 0.1) is 18.9 Å². The Labute approximate surface area is 176 Å². The molecule has 0 bridgehead atoms. The maximum atomic E-state index is 12.8. The van der Waals surface area contributed by atoms with Crippen LogP contribution in [0.15, 0.2) is 41.3 Å². The third kappa shape index (κ3) is 5.10. The summed E-state index contributed by atoms with van der Waals surface area (Å²) in [6.07, 6.45) is 2.01. The minimum absolute atomic E-state index is 0.0463. The Morgan fingerprint density at radius 2 is 2.00 bits per heavy atom. The summed E-state index contributed by atoms with van der Waals surface area (Å²) in [7, 11) is -1.13. The molecule has 1 aliphatic heterocycles. The van der Waals surface area contributed by atoms with Crippen molar-refractivity contribution in [3.8, 4) is 11.5 Å². The molecular formula is C21H26N2O6S. The second-order valence-electron chi connectivity index (χ2n) is 6.97. The van der Waals surface area contributed by atoms with E-state index in [0.717, 1.165) is 25.0 Å².